The molecule has 0 saturated carbocycles. The molecule has 2 aromatic rings. The van der Waals surface area contributed by atoms with E-state index in [1.807, 2.05) is 44.3 Å². The molecule has 3 nitrogen and oxygen atoms in total. The number of ether oxygens (including phenoxy) is 1. The Morgan fingerprint density at radius 2 is 1.92 bits per heavy atom. The van der Waals surface area contributed by atoms with Crippen LogP contribution >= 0.6 is 0 Å². The molecule has 2 aromatic carbocycles. The first-order valence-electron chi connectivity index (χ1n) is 8.59. The molecule has 0 bridgehead atoms. The van der Waals surface area contributed by atoms with Gasteiger partial charge in [0, 0.05) is 30.3 Å². The number of ketones is 1. The van der Waals surface area contributed by atoms with Crippen LogP contribution in [-0.4, -0.2) is 12.8 Å². The Hall–Kier alpha value is -2.29. The highest BCUT2D eigenvalue weighted by molar-refractivity contribution is 5.96. The SMILES string of the molecule is CCCCC(=O)c1ccc(OCc2c(C)cccc2NC)c(C)c1. The fraction of sp³-hybridized carbons (Fsp3) is 0.381. The summed E-state index contributed by atoms with van der Waals surface area (Å²) in [4.78, 5) is 12.1. The van der Waals surface area contributed by atoms with Crippen LogP contribution in [0.1, 0.15) is 53.2 Å². The van der Waals surface area contributed by atoms with Gasteiger partial charge >= 0.3 is 0 Å². The predicted molar refractivity (Wildman–Crippen MR) is 100 cm³/mol. The third kappa shape index (κ3) is 4.38. The number of anilines is 1. The Kier molecular flexibility index (Phi) is 6.42. The van der Waals surface area contributed by atoms with Crippen molar-refractivity contribution < 1.29 is 9.53 Å². The van der Waals surface area contributed by atoms with Gasteiger partial charge in [-0.1, -0.05) is 25.5 Å². The second kappa shape index (κ2) is 8.53. The molecule has 128 valence electrons. The van der Waals surface area contributed by atoms with Crippen LogP contribution in [0.15, 0.2) is 36.4 Å². The summed E-state index contributed by atoms with van der Waals surface area (Å²) in [7, 11) is 1.92. The molecular weight excluding hydrogens is 298 g/mol. The van der Waals surface area contributed by atoms with Crippen molar-refractivity contribution >= 4 is 11.5 Å². The molecule has 0 heterocycles. The third-order valence-corrected chi connectivity index (χ3v) is 4.31. The van der Waals surface area contributed by atoms with Gasteiger partial charge in [0.25, 0.3) is 0 Å². The van der Waals surface area contributed by atoms with Crippen LogP contribution in [0.5, 0.6) is 5.75 Å². The van der Waals surface area contributed by atoms with Gasteiger partial charge in [0.15, 0.2) is 5.78 Å². The maximum Gasteiger partial charge on any atom is 0.162 e. The van der Waals surface area contributed by atoms with Gasteiger partial charge < -0.3 is 10.1 Å². The highest BCUT2D eigenvalue weighted by Gasteiger charge is 2.10. The summed E-state index contributed by atoms with van der Waals surface area (Å²) in [6.07, 6.45) is 2.59. The van der Waals surface area contributed by atoms with Crippen molar-refractivity contribution in [1.29, 1.82) is 0 Å². The van der Waals surface area contributed by atoms with Crippen molar-refractivity contribution in [2.75, 3.05) is 12.4 Å². The number of aryl methyl sites for hydroxylation is 2. The molecule has 0 spiro atoms. The van der Waals surface area contributed by atoms with Crippen LogP contribution in [0.4, 0.5) is 5.69 Å². The second-order valence-electron chi connectivity index (χ2n) is 6.15. The summed E-state index contributed by atoms with van der Waals surface area (Å²) < 4.78 is 6.01. The minimum atomic E-state index is 0.211. The Bertz CT molecular complexity index is 707. The fourth-order valence-corrected chi connectivity index (χ4v) is 2.74. The van der Waals surface area contributed by atoms with E-state index in [9.17, 15) is 4.79 Å². The van der Waals surface area contributed by atoms with Crippen molar-refractivity contribution in [3.63, 3.8) is 0 Å². The van der Waals surface area contributed by atoms with E-state index < -0.39 is 0 Å². The summed E-state index contributed by atoms with van der Waals surface area (Å²) in [5.41, 5.74) is 5.21. The zero-order valence-corrected chi connectivity index (χ0v) is 15.1. The van der Waals surface area contributed by atoms with E-state index in [4.69, 9.17) is 4.74 Å². The normalized spacial score (nSPS) is 10.5. The number of unbranched alkanes of at least 4 members (excludes halogenated alkanes) is 1. The summed E-state index contributed by atoms with van der Waals surface area (Å²) in [5, 5.41) is 3.21. The van der Waals surface area contributed by atoms with E-state index in [2.05, 4.69) is 25.2 Å². The monoisotopic (exact) mass is 325 g/mol. The van der Waals surface area contributed by atoms with E-state index in [1.54, 1.807) is 0 Å². The lowest BCUT2D eigenvalue weighted by Crippen LogP contribution is -2.04. The van der Waals surface area contributed by atoms with Crippen molar-refractivity contribution in [2.24, 2.45) is 0 Å². The molecule has 1 N–H and O–H groups in total. The quantitative estimate of drug-likeness (QED) is 0.670. The molecule has 0 atom stereocenters. The Balaban J connectivity index is 2.10. The van der Waals surface area contributed by atoms with E-state index in [0.717, 1.165) is 41.0 Å². The van der Waals surface area contributed by atoms with Gasteiger partial charge in [-0.05, 0) is 55.7 Å². The van der Waals surface area contributed by atoms with Crippen molar-refractivity contribution in [1.82, 2.24) is 0 Å². The maximum absolute atomic E-state index is 12.1. The molecular formula is C21H27NO2. The molecule has 0 saturated heterocycles. The predicted octanol–water partition coefficient (Wildman–Crippen LogP) is 5.30. The Labute approximate surface area is 145 Å². The van der Waals surface area contributed by atoms with Gasteiger partial charge in [0.2, 0.25) is 0 Å². The molecule has 0 fully saturated rings. The van der Waals surface area contributed by atoms with Gasteiger partial charge in [0.1, 0.15) is 12.4 Å². The molecule has 2 rings (SSSR count). The second-order valence-corrected chi connectivity index (χ2v) is 6.15. The molecule has 24 heavy (non-hydrogen) atoms. The minimum Gasteiger partial charge on any atom is -0.489 e. The van der Waals surface area contributed by atoms with Crippen LogP contribution < -0.4 is 10.1 Å². The average Bonchev–Trinajstić information content (AvgIpc) is 2.59. The standard InChI is InChI=1S/C21H27NO2/c1-5-6-10-20(23)17-11-12-21(16(3)13-17)24-14-18-15(2)8-7-9-19(18)22-4/h7-9,11-13,22H,5-6,10,14H2,1-4H3. The van der Waals surface area contributed by atoms with Gasteiger partial charge in [0.05, 0.1) is 0 Å². The fourth-order valence-electron chi connectivity index (χ4n) is 2.74. The van der Waals surface area contributed by atoms with Gasteiger partial charge in [-0.15, -0.1) is 0 Å². The Morgan fingerprint density at radius 1 is 1.12 bits per heavy atom. The Morgan fingerprint density at radius 3 is 2.58 bits per heavy atom. The number of hydrogen-bond donors (Lipinski definition) is 1. The summed E-state index contributed by atoms with van der Waals surface area (Å²) in [6, 6.07) is 11.9. The number of carbonyl (C=O) groups excluding carboxylic acids is 1. The lowest BCUT2D eigenvalue weighted by atomic mass is 10.0. The third-order valence-electron chi connectivity index (χ3n) is 4.31. The van der Waals surface area contributed by atoms with Gasteiger partial charge in [-0.3, -0.25) is 4.79 Å². The van der Waals surface area contributed by atoms with Crippen LogP contribution in [0.3, 0.4) is 0 Å². The minimum absolute atomic E-state index is 0.211. The molecule has 0 aliphatic carbocycles. The smallest absolute Gasteiger partial charge is 0.162 e. The van der Waals surface area contributed by atoms with Crippen molar-refractivity contribution in [3.05, 3.63) is 58.7 Å². The number of rotatable bonds is 8. The number of benzene rings is 2. The highest BCUT2D eigenvalue weighted by atomic mass is 16.5. The molecule has 3 heteroatoms. The van der Waals surface area contributed by atoms with E-state index in [1.165, 1.54) is 5.56 Å². The zero-order chi connectivity index (χ0) is 17.5. The number of Topliss-reactive ketones (excluding diaryl/α,β-unsaturated/α-hetero) is 1. The van der Waals surface area contributed by atoms with Gasteiger partial charge in [-0.2, -0.15) is 0 Å². The van der Waals surface area contributed by atoms with Crippen molar-refractivity contribution in [3.8, 4) is 5.75 Å². The van der Waals surface area contributed by atoms with Gasteiger partial charge in [-0.25, -0.2) is 0 Å². The lowest BCUT2D eigenvalue weighted by molar-refractivity contribution is 0.0979. The number of carbonyl (C=O) groups is 1. The van der Waals surface area contributed by atoms with Crippen LogP contribution in [-0.2, 0) is 6.61 Å². The number of nitrogens with one attached hydrogen (secondary N) is 1. The van der Waals surface area contributed by atoms with Crippen LogP contribution in [0, 0.1) is 13.8 Å². The molecule has 0 radical (unpaired) electrons. The summed E-state index contributed by atoms with van der Waals surface area (Å²) in [6.45, 7) is 6.68. The molecule has 0 aromatic heterocycles. The topological polar surface area (TPSA) is 38.3 Å². The van der Waals surface area contributed by atoms with Crippen LogP contribution in [0.25, 0.3) is 0 Å². The summed E-state index contributed by atoms with van der Waals surface area (Å²) >= 11 is 0. The lowest BCUT2D eigenvalue weighted by Gasteiger charge is -2.15. The molecule has 0 unspecified atom stereocenters. The molecule has 0 aliphatic rings. The first kappa shape index (κ1) is 18.1. The first-order valence-corrected chi connectivity index (χ1v) is 8.59. The molecule has 0 amide bonds. The maximum atomic E-state index is 12.1. The van der Waals surface area contributed by atoms with E-state index >= 15 is 0 Å². The van der Waals surface area contributed by atoms with E-state index in [0.29, 0.717) is 13.0 Å². The first-order chi connectivity index (χ1) is 11.6. The largest absolute Gasteiger partial charge is 0.489 e. The average molecular weight is 325 g/mol. The summed E-state index contributed by atoms with van der Waals surface area (Å²) in [5.74, 6) is 1.04. The van der Waals surface area contributed by atoms with Crippen molar-refractivity contribution in [2.45, 2.75) is 46.6 Å². The molecule has 0 aliphatic heterocycles. The van der Waals surface area contributed by atoms with Crippen LogP contribution in [0.2, 0.25) is 0 Å². The highest BCUT2D eigenvalue weighted by Crippen LogP contribution is 2.25. The van der Waals surface area contributed by atoms with E-state index in [-0.39, 0.29) is 5.78 Å². The zero-order valence-electron chi connectivity index (χ0n) is 15.1. The number of hydrogen-bond acceptors (Lipinski definition) is 3.